The fraction of sp³-hybridized carbons (Fsp3) is 0.889. The van der Waals surface area contributed by atoms with Crippen molar-refractivity contribution in [1.82, 2.24) is 4.90 Å². The lowest BCUT2D eigenvalue weighted by Gasteiger charge is -2.25. The van der Waals surface area contributed by atoms with Crippen molar-refractivity contribution in [2.24, 2.45) is 11.7 Å². The zero-order valence-electron chi connectivity index (χ0n) is 8.21. The lowest BCUT2D eigenvalue weighted by Crippen LogP contribution is -2.38. The van der Waals surface area contributed by atoms with Gasteiger partial charge >= 0.3 is 0 Å². The minimum absolute atomic E-state index is 0.0865. The van der Waals surface area contributed by atoms with Crippen molar-refractivity contribution in [3.8, 4) is 0 Å². The van der Waals surface area contributed by atoms with Crippen LogP contribution in [0.4, 0.5) is 0 Å². The van der Waals surface area contributed by atoms with Crippen molar-refractivity contribution >= 4 is 6.29 Å². The van der Waals surface area contributed by atoms with Gasteiger partial charge in [-0.15, -0.1) is 0 Å². The van der Waals surface area contributed by atoms with Gasteiger partial charge in [-0.25, -0.2) is 0 Å². The second-order valence-corrected chi connectivity index (χ2v) is 3.43. The molecule has 0 aliphatic heterocycles. The van der Waals surface area contributed by atoms with Crippen LogP contribution in [0.15, 0.2) is 0 Å². The van der Waals surface area contributed by atoms with Crippen LogP contribution in [0, 0.1) is 5.92 Å². The van der Waals surface area contributed by atoms with E-state index in [0.717, 1.165) is 13.0 Å². The fourth-order valence-corrected chi connectivity index (χ4v) is 1.21. The number of rotatable bonds is 6. The van der Waals surface area contributed by atoms with Gasteiger partial charge in [-0.3, -0.25) is 9.69 Å². The average Bonchev–Trinajstić information content (AvgIpc) is 2.01. The Bertz CT molecular complexity index is 126. The smallest absolute Gasteiger partial charge is 0.217 e. The summed E-state index contributed by atoms with van der Waals surface area (Å²) in [5, 5.41) is 0. The standard InChI is InChI=1S/C9H19N2O/c1-8(2)9(7-12)11(3)6-4-5-10/h8-9H,4-6,10H2,1-3H3/t9-/m1/s1. The molecule has 0 saturated heterocycles. The summed E-state index contributed by atoms with van der Waals surface area (Å²) in [6, 6.07) is -0.0865. The van der Waals surface area contributed by atoms with E-state index in [9.17, 15) is 4.79 Å². The molecule has 2 N–H and O–H groups in total. The van der Waals surface area contributed by atoms with Crippen molar-refractivity contribution in [1.29, 1.82) is 0 Å². The summed E-state index contributed by atoms with van der Waals surface area (Å²) >= 11 is 0. The molecule has 1 atom stereocenters. The Kier molecular flexibility index (Phi) is 5.93. The number of nitrogens with zero attached hydrogens (tertiary/aromatic N) is 1. The molecule has 0 amide bonds. The summed E-state index contributed by atoms with van der Waals surface area (Å²) in [7, 11) is 1.94. The zero-order valence-corrected chi connectivity index (χ0v) is 8.21. The fourth-order valence-electron chi connectivity index (χ4n) is 1.21. The van der Waals surface area contributed by atoms with Crippen LogP contribution in [-0.4, -0.2) is 37.4 Å². The van der Waals surface area contributed by atoms with E-state index in [1.807, 2.05) is 32.1 Å². The highest BCUT2D eigenvalue weighted by Crippen LogP contribution is 2.06. The third-order valence-electron chi connectivity index (χ3n) is 1.94. The highest BCUT2D eigenvalue weighted by atomic mass is 16.1. The third-order valence-corrected chi connectivity index (χ3v) is 1.94. The Morgan fingerprint density at radius 2 is 2.08 bits per heavy atom. The van der Waals surface area contributed by atoms with E-state index in [2.05, 4.69) is 0 Å². The first-order valence-corrected chi connectivity index (χ1v) is 4.41. The Labute approximate surface area is 74.9 Å². The maximum atomic E-state index is 10.6. The van der Waals surface area contributed by atoms with E-state index >= 15 is 0 Å². The van der Waals surface area contributed by atoms with E-state index in [0.29, 0.717) is 12.5 Å². The molecular weight excluding hydrogens is 152 g/mol. The van der Waals surface area contributed by atoms with E-state index < -0.39 is 0 Å². The maximum absolute atomic E-state index is 10.6. The van der Waals surface area contributed by atoms with Gasteiger partial charge in [0, 0.05) is 0 Å². The van der Waals surface area contributed by atoms with Crippen molar-refractivity contribution in [3.63, 3.8) is 0 Å². The third kappa shape index (κ3) is 3.83. The molecule has 0 aromatic rings. The molecule has 0 aromatic carbocycles. The second kappa shape index (κ2) is 6.14. The summed E-state index contributed by atoms with van der Waals surface area (Å²) in [6.45, 7) is 5.59. The Morgan fingerprint density at radius 3 is 2.42 bits per heavy atom. The lowest BCUT2D eigenvalue weighted by atomic mass is 10.0. The molecule has 12 heavy (non-hydrogen) atoms. The van der Waals surface area contributed by atoms with Crippen LogP contribution in [0.5, 0.6) is 0 Å². The van der Waals surface area contributed by atoms with Crippen LogP contribution < -0.4 is 5.73 Å². The lowest BCUT2D eigenvalue weighted by molar-refractivity contribution is 0.241. The predicted octanol–water partition coefficient (Wildman–Crippen LogP) is 0.401. The van der Waals surface area contributed by atoms with Crippen LogP contribution in [0.3, 0.4) is 0 Å². The van der Waals surface area contributed by atoms with Gasteiger partial charge in [0.25, 0.3) is 0 Å². The molecule has 0 aliphatic carbocycles. The van der Waals surface area contributed by atoms with Gasteiger partial charge < -0.3 is 5.73 Å². The highest BCUT2D eigenvalue weighted by molar-refractivity contribution is 5.58. The van der Waals surface area contributed by atoms with Gasteiger partial charge in [0.15, 0.2) is 0 Å². The van der Waals surface area contributed by atoms with Crippen molar-refractivity contribution in [2.45, 2.75) is 26.3 Å². The highest BCUT2D eigenvalue weighted by Gasteiger charge is 2.17. The van der Waals surface area contributed by atoms with Gasteiger partial charge in [-0.2, -0.15) is 0 Å². The van der Waals surface area contributed by atoms with Crippen molar-refractivity contribution in [2.75, 3.05) is 20.1 Å². The maximum Gasteiger partial charge on any atom is 0.217 e. The summed E-state index contributed by atoms with van der Waals surface area (Å²) in [6.07, 6.45) is 2.98. The molecule has 0 bridgehead atoms. The number of hydrogen-bond donors (Lipinski definition) is 1. The first-order valence-electron chi connectivity index (χ1n) is 4.41. The molecule has 1 radical (unpaired) electrons. The molecule has 0 spiro atoms. The summed E-state index contributed by atoms with van der Waals surface area (Å²) in [5.74, 6) is 0.324. The van der Waals surface area contributed by atoms with Crippen molar-refractivity contribution < 1.29 is 4.79 Å². The molecule has 0 aliphatic rings. The van der Waals surface area contributed by atoms with Gasteiger partial charge in [-0.05, 0) is 32.5 Å². The molecular formula is C9H19N2O. The molecule has 71 valence electrons. The number of carbonyl (C=O) groups excluding carboxylic acids is 1. The summed E-state index contributed by atoms with van der Waals surface area (Å²) in [5.41, 5.74) is 5.37. The quantitative estimate of drug-likeness (QED) is 0.629. The molecule has 3 heteroatoms. The second-order valence-electron chi connectivity index (χ2n) is 3.43. The van der Waals surface area contributed by atoms with Crippen molar-refractivity contribution in [3.05, 3.63) is 0 Å². The van der Waals surface area contributed by atoms with E-state index in [1.54, 1.807) is 0 Å². The normalized spacial score (nSPS) is 13.8. The van der Waals surface area contributed by atoms with Gasteiger partial charge in [-0.1, -0.05) is 13.8 Å². The average molecular weight is 171 g/mol. The molecule has 0 aromatic heterocycles. The van der Waals surface area contributed by atoms with Gasteiger partial charge in [0.1, 0.15) is 0 Å². The molecule has 0 saturated carbocycles. The molecule has 3 nitrogen and oxygen atoms in total. The van der Waals surface area contributed by atoms with E-state index in [1.165, 1.54) is 0 Å². The first-order chi connectivity index (χ1) is 5.63. The molecule has 0 fully saturated rings. The summed E-state index contributed by atoms with van der Waals surface area (Å²) in [4.78, 5) is 12.6. The predicted molar refractivity (Wildman–Crippen MR) is 50.6 cm³/mol. The Morgan fingerprint density at radius 1 is 1.50 bits per heavy atom. The first kappa shape index (κ1) is 11.6. The van der Waals surface area contributed by atoms with Crippen LogP contribution >= 0.6 is 0 Å². The molecule has 0 unspecified atom stereocenters. The topological polar surface area (TPSA) is 46.3 Å². The van der Waals surface area contributed by atoms with Gasteiger partial charge in [0.2, 0.25) is 6.29 Å². The largest absolute Gasteiger partial charge is 0.330 e. The number of nitrogens with two attached hydrogens (primary N) is 1. The minimum Gasteiger partial charge on any atom is -0.330 e. The van der Waals surface area contributed by atoms with Gasteiger partial charge in [0.05, 0.1) is 6.04 Å². The SMILES string of the molecule is CC(C)[C@@H]([C]=O)N(C)CCCN. The molecule has 0 heterocycles. The number of hydrogen-bond acceptors (Lipinski definition) is 3. The number of likely N-dealkylation sites (N-methyl/N-ethyl adjacent to an activating group) is 1. The van der Waals surface area contributed by atoms with Crippen LogP contribution in [0.25, 0.3) is 0 Å². The van der Waals surface area contributed by atoms with Crippen LogP contribution in [-0.2, 0) is 4.79 Å². The minimum atomic E-state index is -0.0865. The molecule has 0 rings (SSSR count). The monoisotopic (exact) mass is 171 g/mol. The van der Waals surface area contributed by atoms with Crippen LogP contribution in [0.2, 0.25) is 0 Å². The Balaban J connectivity index is 3.85. The van der Waals surface area contributed by atoms with E-state index in [4.69, 9.17) is 5.73 Å². The van der Waals surface area contributed by atoms with E-state index in [-0.39, 0.29) is 6.04 Å². The summed E-state index contributed by atoms with van der Waals surface area (Å²) < 4.78 is 0. The van der Waals surface area contributed by atoms with Crippen LogP contribution in [0.1, 0.15) is 20.3 Å². The zero-order chi connectivity index (χ0) is 9.56. The Hall–Kier alpha value is -0.410.